The number of hydrogen-bond donors (Lipinski definition) is 1. The molecular formula is C13H12N8O2. The van der Waals surface area contributed by atoms with Gasteiger partial charge in [-0.2, -0.15) is 0 Å². The van der Waals surface area contributed by atoms with Gasteiger partial charge in [-0.3, -0.25) is 4.79 Å². The number of nitrogens with one attached hydrogen (secondary N) is 1. The van der Waals surface area contributed by atoms with Crippen LogP contribution in [0.25, 0.3) is 20.9 Å². The molecule has 1 aromatic heterocycles. The van der Waals surface area contributed by atoms with Crippen molar-refractivity contribution in [3.05, 3.63) is 67.7 Å². The number of hydrogen-bond acceptors (Lipinski definition) is 5. The molecule has 0 atom stereocenters. The van der Waals surface area contributed by atoms with Crippen molar-refractivity contribution in [3.8, 4) is 0 Å². The molecule has 0 aliphatic rings. The van der Waals surface area contributed by atoms with Gasteiger partial charge in [0.2, 0.25) is 0 Å². The minimum atomic E-state index is -0.359. The second kappa shape index (κ2) is 7.51. The standard InChI is InChI=1S/C13H12N8O2/c1-8-11(7-18-23-8)6-16-13(22)10-2-9(5-17-20-14)3-12(4-10)19-21-15/h2-4,7H,5-6H2,1H3,(H,16,22). The smallest absolute Gasteiger partial charge is 0.251 e. The van der Waals surface area contributed by atoms with Crippen LogP contribution in [0.2, 0.25) is 0 Å². The molecule has 0 radical (unpaired) electrons. The number of aryl methyl sites for hydroxylation is 1. The molecule has 1 aromatic carbocycles. The third-order valence-electron chi connectivity index (χ3n) is 3.01. The van der Waals surface area contributed by atoms with E-state index in [0.717, 1.165) is 5.56 Å². The van der Waals surface area contributed by atoms with Crippen molar-refractivity contribution in [1.29, 1.82) is 0 Å². The number of nitrogens with zero attached hydrogens (tertiary/aromatic N) is 7. The lowest BCUT2D eigenvalue weighted by Gasteiger charge is -2.07. The van der Waals surface area contributed by atoms with Crippen molar-refractivity contribution in [2.45, 2.75) is 20.0 Å². The van der Waals surface area contributed by atoms with E-state index in [2.05, 4.69) is 30.5 Å². The van der Waals surface area contributed by atoms with Crippen LogP contribution in [-0.2, 0) is 13.1 Å². The minimum Gasteiger partial charge on any atom is -0.361 e. The maximum atomic E-state index is 12.2. The van der Waals surface area contributed by atoms with Crippen LogP contribution in [0.1, 0.15) is 27.2 Å². The fourth-order valence-corrected chi connectivity index (χ4v) is 1.89. The SMILES string of the molecule is Cc1oncc1CNC(=O)c1cc(CN=[N+]=[N-])cc(N=[N+]=[N-])c1. The Kier molecular flexibility index (Phi) is 5.19. The van der Waals surface area contributed by atoms with Crippen LogP contribution >= 0.6 is 0 Å². The molecule has 0 saturated carbocycles. The Morgan fingerprint density at radius 2 is 2.17 bits per heavy atom. The van der Waals surface area contributed by atoms with Crippen LogP contribution < -0.4 is 5.32 Å². The summed E-state index contributed by atoms with van der Waals surface area (Å²) < 4.78 is 4.91. The zero-order valence-corrected chi connectivity index (χ0v) is 12.2. The summed E-state index contributed by atoms with van der Waals surface area (Å²) in [4.78, 5) is 17.6. The average molecular weight is 312 g/mol. The molecule has 0 aliphatic heterocycles. The van der Waals surface area contributed by atoms with Gasteiger partial charge in [0.05, 0.1) is 12.7 Å². The van der Waals surface area contributed by atoms with Gasteiger partial charge in [0.1, 0.15) is 5.76 Å². The van der Waals surface area contributed by atoms with Crippen molar-refractivity contribution in [2.75, 3.05) is 0 Å². The van der Waals surface area contributed by atoms with E-state index in [1.165, 1.54) is 12.3 Å². The molecule has 0 saturated heterocycles. The van der Waals surface area contributed by atoms with Gasteiger partial charge in [-0.15, -0.1) is 0 Å². The Bertz CT molecular complexity index is 815. The molecule has 1 amide bonds. The van der Waals surface area contributed by atoms with Crippen LogP contribution in [0.5, 0.6) is 0 Å². The van der Waals surface area contributed by atoms with E-state index in [-0.39, 0.29) is 24.7 Å². The Labute approximate surface area is 130 Å². The van der Waals surface area contributed by atoms with Gasteiger partial charge in [0.25, 0.3) is 5.91 Å². The summed E-state index contributed by atoms with van der Waals surface area (Å²) >= 11 is 0. The highest BCUT2D eigenvalue weighted by Crippen LogP contribution is 2.19. The minimum absolute atomic E-state index is 0.0519. The van der Waals surface area contributed by atoms with Gasteiger partial charge in [-0.1, -0.05) is 15.4 Å². The third-order valence-corrected chi connectivity index (χ3v) is 3.01. The Balaban J connectivity index is 2.20. The molecule has 0 bridgehead atoms. The molecule has 10 heteroatoms. The largest absolute Gasteiger partial charge is 0.361 e. The Morgan fingerprint density at radius 3 is 2.83 bits per heavy atom. The molecule has 116 valence electrons. The lowest BCUT2D eigenvalue weighted by Crippen LogP contribution is -2.23. The predicted octanol–water partition coefficient (Wildman–Crippen LogP) is 3.67. The van der Waals surface area contributed by atoms with E-state index >= 15 is 0 Å². The summed E-state index contributed by atoms with van der Waals surface area (Å²) in [5.41, 5.74) is 18.8. The zero-order chi connectivity index (χ0) is 16.7. The molecule has 1 N–H and O–H groups in total. The van der Waals surface area contributed by atoms with E-state index in [0.29, 0.717) is 16.9 Å². The summed E-state index contributed by atoms with van der Waals surface area (Å²) in [6, 6.07) is 4.57. The van der Waals surface area contributed by atoms with E-state index in [1.54, 1.807) is 19.1 Å². The van der Waals surface area contributed by atoms with Crippen LogP contribution in [0.3, 0.4) is 0 Å². The highest BCUT2D eigenvalue weighted by atomic mass is 16.5. The maximum absolute atomic E-state index is 12.2. The van der Waals surface area contributed by atoms with Crippen LogP contribution in [-0.4, -0.2) is 11.1 Å². The topological polar surface area (TPSA) is 153 Å². The summed E-state index contributed by atoms with van der Waals surface area (Å²) in [5, 5.41) is 13.3. The lowest BCUT2D eigenvalue weighted by molar-refractivity contribution is 0.0950. The molecule has 23 heavy (non-hydrogen) atoms. The molecule has 2 aromatic rings. The first kappa shape index (κ1) is 15.9. The van der Waals surface area contributed by atoms with E-state index in [9.17, 15) is 4.79 Å². The zero-order valence-electron chi connectivity index (χ0n) is 12.2. The summed E-state index contributed by atoms with van der Waals surface area (Å²) in [6.45, 7) is 2.05. The van der Waals surface area contributed by atoms with E-state index < -0.39 is 0 Å². The van der Waals surface area contributed by atoms with E-state index in [1.807, 2.05) is 0 Å². The number of carbonyl (C=O) groups excluding carboxylic acids is 1. The first-order valence-electron chi connectivity index (χ1n) is 6.52. The van der Waals surface area contributed by atoms with Crippen LogP contribution in [0.4, 0.5) is 5.69 Å². The Hall–Kier alpha value is -3.48. The van der Waals surface area contributed by atoms with Gasteiger partial charge in [-0.05, 0) is 41.7 Å². The highest BCUT2D eigenvalue weighted by molar-refractivity contribution is 5.95. The molecule has 0 spiro atoms. The number of rotatable bonds is 6. The first-order chi connectivity index (χ1) is 11.1. The maximum Gasteiger partial charge on any atom is 0.251 e. The van der Waals surface area contributed by atoms with Gasteiger partial charge in [-0.25, -0.2) is 0 Å². The molecule has 2 rings (SSSR count). The monoisotopic (exact) mass is 312 g/mol. The Morgan fingerprint density at radius 1 is 1.35 bits per heavy atom. The summed E-state index contributed by atoms with van der Waals surface area (Å²) in [5.74, 6) is 0.264. The second-order valence-electron chi connectivity index (χ2n) is 4.56. The number of azide groups is 2. The fraction of sp³-hybridized carbons (Fsp3) is 0.231. The van der Waals surface area contributed by atoms with Gasteiger partial charge in [0, 0.05) is 33.2 Å². The van der Waals surface area contributed by atoms with Crippen molar-refractivity contribution < 1.29 is 9.32 Å². The molecule has 0 unspecified atom stereocenters. The van der Waals surface area contributed by atoms with Crippen LogP contribution in [0.15, 0.2) is 39.1 Å². The van der Waals surface area contributed by atoms with Gasteiger partial charge in [0.15, 0.2) is 0 Å². The molecule has 10 nitrogen and oxygen atoms in total. The third kappa shape index (κ3) is 4.24. The molecular weight excluding hydrogens is 300 g/mol. The molecule has 0 fully saturated rings. The quantitative estimate of drug-likeness (QED) is 0.491. The number of aromatic nitrogens is 1. The van der Waals surface area contributed by atoms with Crippen molar-refractivity contribution >= 4 is 11.6 Å². The summed E-state index contributed by atoms with van der Waals surface area (Å²) in [7, 11) is 0. The number of amides is 1. The van der Waals surface area contributed by atoms with Crippen molar-refractivity contribution in [2.24, 2.45) is 10.2 Å². The number of carbonyl (C=O) groups is 1. The predicted molar refractivity (Wildman–Crippen MR) is 80.5 cm³/mol. The fourth-order valence-electron chi connectivity index (χ4n) is 1.89. The summed E-state index contributed by atoms with van der Waals surface area (Å²) in [6.07, 6.45) is 1.53. The molecule has 1 heterocycles. The van der Waals surface area contributed by atoms with E-state index in [4.69, 9.17) is 15.6 Å². The van der Waals surface area contributed by atoms with Gasteiger partial charge < -0.3 is 9.84 Å². The second-order valence-corrected chi connectivity index (χ2v) is 4.56. The lowest BCUT2D eigenvalue weighted by atomic mass is 10.1. The van der Waals surface area contributed by atoms with Gasteiger partial charge >= 0.3 is 0 Å². The highest BCUT2D eigenvalue weighted by Gasteiger charge is 2.10. The van der Waals surface area contributed by atoms with Crippen molar-refractivity contribution in [3.63, 3.8) is 0 Å². The van der Waals surface area contributed by atoms with Crippen LogP contribution in [0, 0.1) is 6.92 Å². The number of benzene rings is 1. The normalized spacial score (nSPS) is 9.61. The average Bonchev–Trinajstić information content (AvgIpc) is 2.96. The first-order valence-corrected chi connectivity index (χ1v) is 6.52. The van der Waals surface area contributed by atoms with Crippen molar-refractivity contribution in [1.82, 2.24) is 10.5 Å². The molecule has 0 aliphatic carbocycles.